The number of hydrogen-bond donors (Lipinski definition) is 1. The third kappa shape index (κ3) is 3.80. The third-order valence-electron chi connectivity index (χ3n) is 3.13. The van der Waals surface area contributed by atoms with Gasteiger partial charge >= 0.3 is 0 Å². The quantitative estimate of drug-likeness (QED) is 0.819. The third-order valence-corrected chi connectivity index (χ3v) is 3.13. The Morgan fingerprint density at radius 2 is 2.18 bits per heavy atom. The molecule has 0 radical (unpaired) electrons. The lowest BCUT2D eigenvalue weighted by Crippen LogP contribution is -2.26. The zero-order chi connectivity index (χ0) is 11.9. The van der Waals surface area contributed by atoms with Crippen molar-refractivity contribution in [1.82, 2.24) is 5.32 Å². The van der Waals surface area contributed by atoms with Crippen LogP contribution in [0, 0.1) is 0 Å². The molecule has 1 atom stereocenters. The minimum atomic E-state index is 0.407. The second-order valence-corrected chi connectivity index (χ2v) is 4.47. The van der Waals surface area contributed by atoms with Crippen molar-refractivity contribution in [2.24, 2.45) is 0 Å². The normalized spacial score (nSPS) is 19.7. The minimum absolute atomic E-state index is 0.407. The van der Waals surface area contributed by atoms with Crippen LogP contribution >= 0.6 is 0 Å². The molecule has 1 N–H and O–H groups in total. The number of nitrogens with one attached hydrogen (secondary N) is 1. The molecule has 1 aliphatic rings. The molecule has 1 unspecified atom stereocenters. The summed E-state index contributed by atoms with van der Waals surface area (Å²) in [6.07, 6.45) is 2.80. The van der Waals surface area contributed by atoms with E-state index >= 15 is 0 Å². The summed E-state index contributed by atoms with van der Waals surface area (Å²) in [6.45, 7) is 3.44. The van der Waals surface area contributed by atoms with Gasteiger partial charge < -0.3 is 14.8 Å². The minimum Gasteiger partial charge on any atom is -0.380 e. The van der Waals surface area contributed by atoms with Crippen LogP contribution in [0.5, 0.6) is 0 Å². The first-order valence-electron chi connectivity index (χ1n) is 6.28. The summed E-state index contributed by atoms with van der Waals surface area (Å²) in [4.78, 5) is 0. The molecule has 1 aromatic carbocycles. The highest BCUT2D eigenvalue weighted by molar-refractivity contribution is 5.26. The predicted octanol–water partition coefficient (Wildman–Crippen LogP) is 2.10. The smallest absolute Gasteiger partial charge is 0.0716 e. The topological polar surface area (TPSA) is 30.5 Å². The van der Waals surface area contributed by atoms with Crippen LogP contribution in [0.15, 0.2) is 24.3 Å². The van der Waals surface area contributed by atoms with E-state index in [0.29, 0.717) is 12.7 Å². The summed E-state index contributed by atoms with van der Waals surface area (Å²) in [7, 11) is 1.73. The number of rotatable bonds is 6. The summed E-state index contributed by atoms with van der Waals surface area (Å²) >= 11 is 0. The van der Waals surface area contributed by atoms with Crippen LogP contribution in [-0.2, 0) is 22.6 Å². The molecule has 1 heterocycles. The molecule has 0 bridgehead atoms. The molecule has 0 saturated carbocycles. The molecule has 3 nitrogen and oxygen atoms in total. The van der Waals surface area contributed by atoms with Crippen molar-refractivity contribution < 1.29 is 9.47 Å². The van der Waals surface area contributed by atoms with Gasteiger partial charge in [-0.1, -0.05) is 24.3 Å². The second kappa shape index (κ2) is 6.74. The van der Waals surface area contributed by atoms with Crippen LogP contribution < -0.4 is 5.32 Å². The molecule has 1 aliphatic heterocycles. The fourth-order valence-electron chi connectivity index (χ4n) is 2.20. The van der Waals surface area contributed by atoms with Crippen LogP contribution in [-0.4, -0.2) is 26.4 Å². The van der Waals surface area contributed by atoms with Gasteiger partial charge in [0, 0.05) is 26.8 Å². The van der Waals surface area contributed by atoms with E-state index in [1.54, 1.807) is 7.11 Å². The zero-order valence-corrected chi connectivity index (χ0v) is 10.4. The SMILES string of the molecule is COCc1ccccc1CNCC1CCCO1. The highest BCUT2D eigenvalue weighted by atomic mass is 16.5. The van der Waals surface area contributed by atoms with E-state index in [-0.39, 0.29) is 0 Å². The van der Waals surface area contributed by atoms with Gasteiger partial charge in [0.15, 0.2) is 0 Å². The lowest BCUT2D eigenvalue weighted by Gasteiger charge is -2.13. The summed E-state index contributed by atoms with van der Waals surface area (Å²) in [5, 5.41) is 3.46. The van der Waals surface area contributed by atoms with E-state index in [0.717, 1.165) is 19.7 Å². The van der Waals surface area contributed by atoms with Crippen molar-refractivity contribution >= 4 is 0 Å². The van der Waals surface area contributed by atoms with Gasteiger partial charge in [0.25, 0.3) is 0 Å². The molecule has 0 aromatic heterocycles. The molecule has 1 aromatic rings. The van der Waals surface area contributed by atoms with Crippen molar-refractivity contribution in [2.45, 2.75) is 32.1 Å². The summed E-state index contributed by atoms with van der Waals surface area (Å²) in [5.74, 6) is 0. The summed E-state index contributed by atoms with van der Waals surface area (Å²) in [5.41, 5.74) is 2.57. The Bertz CT molecular complexity index is 335. The number of ether oxygens (including phenoxy) is 2. The standard InChI is InChI=1S/C14H21NO2/c1-16-11-13-6-3-2-5-12(13)9-15-10-14-7-4-8-17-14/h2-3,5-6,14-15H,4,7-11H2,1H3. The molecule has 0 amide bonds. The Labute approximate surface area is 103 Å². The Morgan fingerprint density at radius 3 is 2.88 bits per heavy atom. The average molecular weight is 235 g/mol. The molecule has 94 valence electrons. The molecule has 0 aliphatic carbocycles. The monoisotopic (exact) mass is 235 g/mol. The number of methoxy groups -OCH3 is 1. The van der Waals surface area contributed by atoms with Gasteiger partial charge in [-0.15, -0.1) is 0 Å². The lowest BCUT2D eigenvalue weighted by atomic mass is 10.1. The molecule has 1 fully saturated rings. The Balaban J connectivity index is 1.80. The van der Waals surface area contributed by atoms with Gasteiger partial charge in [-0.2, -0.15) is 0 Å². The van der Waals surface area contributed by atoms with E-state index in [1.807, 2.05) is 0 Å². The molecule has 17 heavy (non-hydrogen) atoms. The van der Waals surface area contributed by atoms with E-state index < -0.39 is 0 Å². The molecular weight excluding hydrogens is 214 g/mol. The molecular formula is C14H21NO2. The van der Waals surface area contributed by atoms with Crippen molar-refractivity contribution in [3.05, 3.63) is 35.4 Å². The highest BCUT2D eigenvalue weighted by Gasteiger charge is 2.14. The van der Waals surface area contributed by atoms with E-state index in [4.69, 9.17) is 9.47 Å². The number of hydrogen-bond acceptors (Lipinski definition) is 3. The van der Waals surface area contributed by atoms with Gasteiger partial charge in [-0.3, -0.25) is 0 Å². The Hall–Kier alpha value is -0.900. The van der Waals surface area contributed by atoms with Crippen molar-refractivity contribution in [2.75, 3.05) is 20.3 Å². The zero-order valence-electron chi connectivity index (χ0n) is 10.4. The van der Waals surface area contributed by atoms with E-state index in [9.17, 15) is 0 Å². The van der Waals surface area contributed by atoms with Crippen LogP contribution in [0.4, 0.5) is 0 Å². The second-order valence-electron chi connectivity index (χ2n) is 4.47. The first-order valence-corrected chi connectivity index (χ1v) is 6.28. The summed E-state index contributed by atoms with van der Waals surface area (Å²) in [6, 6.07) is 8.39. The van der Waals surface area contributed by atoms with Gasteiger partial charge in [0.05, 0.1) is 12.7 Å². The van der Waals surface area contributed by atoms with Gasteiger partial charge in [-0.05, 0) is 24.0 Å². The maximum atomic E-state index is 5.58. The maximum Gasteiger partial charge on any atom is 0.0716 e. The number of benzene rings is 1. The lowest BCUT2D eigenvalue weighted by molar-refractivity contribution is 0.110. The predicted molar refractivity (Wildman–Crippen MR) is 67.8 cm³/mol. The van der Waals surface area contributed by atoms with Crippen LogP contribution in [0.3, 0.4) is 0 Å². The molecule has 3 heteroatoms. The average Bonchev–Trinajstić information content (AvgIpc) is 2.85. The van der Waals surface area contributed by atoms with Crippen LogP contribution in [0.2, 0.25) is 0 Å². The van der Waals surface area contributed by atoms with Gasteiger partial charge in [-0.25, -0.2) is 0 Å². The van der Waals surface area contributed by atoms with Gasteiger partial charge in [0.2, 0.25) is 0 Å². The van der Waals surface area contributed by atoms with E-state index in [1.165, 1.54) is 24.0 Å². The molecule has 2 rings (SSSR count). The first kappa shape index (κ1) is 12.6. The fourth-order valence-corrected chi connectivity index (χ4v) is 2.20. The highest BCUT2D eigenvalue weighted by Crippen LogP contribution is 2.12. The van der Waals surface area contributed by atoms with E-state index in [2.05, 4.69) is 29.6 Å². The largest absolute Gasteiger partial charge is 0.380 e. The Morgan fingerprint density at radius 1 is 1.35 bits per heavy atom. The maximum absolute atomic E-state index is 5.58. The fraction of sp³-hybridized carbons (Fsp3) is 0.571. The van der Waals surface area contributed by atoms with Crippen LogP contribution in [0.1, 0.15) is 24.0 Å². The van der Waals surface area contributed by atoms with Crippen molar-refractivity contribution in [3.63, 3.8) is 0 Å². The van der Waals surface area contributed by atoms with Gasteiger partial charge in [0.1, 0.15) is 0 Å². The summed E-state index contributed by atoms with van der Waals surface area (Å²) < 4.78 is 10.8. The Kier molecular flexibility index (Phi) is 4.98. The van der Waals surface area contributed by atoms with Crippen molar-refractivity contribution in [1.29, 1.82) is 0 Å². The first-order chi connectivity index (χ1) is 8.40. The van der Waals surface area contributed by atoms with Crippen LogP contribution in [0.25, 0.3) is 0 Å². The van der Waals surface area contributed by atoms with Crippen molar-refractivity contribution in [3.8, 4) is 0 Å². The molecule has 1 saturated heterocycles. The molecule has 0 spiro atoms.